The number of carboxylic acid groups (broad SMARTS) is 2. The van der Waals surface area contributed by atoms with Crippen LogP contribution in [0.25, 0.3) is 0 Å². The fraction of sp³-hybridized carbons (Fsp3) is 0.600. The maximum atomic E-state index is 14.4. The van der Waals surface area contributed by atoms with Crippen LogP contribution in [0.3, 0.4) is 0 Å². The Hall–Kier alpha value is -10.2. The Balaban J connectivity index is 2.38. The monoisotopic (exact) mass is 1480 g/mol. The Labute approximate surface area is 611 Å². The Morgan fingerprint density at radius 2 is 0.562 bits per heavy atom. The van der Waals surface area contributed by atoms with E-state index in [4.69, 9.17) is 22.9 Å². The van der Waals surface area contributed by atoms with Crippen molar-refractivity contribution in [2.45, 2.75) is 244 Å². The fourth-order valence-corrected chi connectivity index (χ4v) is 10.3. The zero-order chi connectivity index (χ0) is 79.2. The van der Waals surface area contributed by atoms with Gasteiger partial charge in [0.1, 0.15) is 78.5 Å². The van der Waals surface area contributed by atoms with Gasteiger partial charge in [-0.15, -0.1) is 0 Å². The van der Waals surface area contributed by atoms with Crippen molar-refractivity contribution in [3.8, 4) is 0 Å². The summed E-state index contributed by atoms with van der Waals surface area (Å²) in [5, 5.41) is 52.1. The van der Waals surface area contributed by atoms with Crippen LogP contribution in [0.2, 0.25) is 0 Å². The van der Waals surface area contributed by atoms with E-state index in [1.54, 1.807) is 88.4 Å². The summed E-state index contributed by atoms with van der Waals surface area (Å²) in [5.74, 6) is -15.1. The van der Waals surface area contributed by atoms with Crippen molar-refractivity contribution in [1.29, 1.82) is 0 Å². The molecule has 2 aromatic rings. The number of amides is 14. The average molecular weight is 1480 g/mol. The highest BCUT2D eigenvalue weighted by molar-refractivity contribution is 6.00. The largest absolute Gasteiger partial charge is 0.481 e. The van der Waals surface area contributed by atoms with Gasteiger partial charge in [0.15, 0.2) is 0 Å². The van der Waals surface area contributed by atoms with Gasteiger partial charge in [-0.2, -0.15) is 0 Å². The molecule has 0 aromatic heterocycles. The SMILES string of the molecule is CC(C)C[C@H](NC(=O)[C@H](C)N)C(=O)N[C@@H](CCC(=O)O)C(=O)N[C@@H](C)C(=O)N[C@@H](CCCCN)C(=O)N[C@@H](Cc1ccccc1)C(=O)N[C@@H](C)C(=O)N[C@@H](C)C(=O)N[C@@H](Cc1ccccc1)C(=O)N[C@@H](CCC(=O)O)C(=O)N[C@@H](C)C(=O)N[C@@H](CCCCN)C(=O)N[C@@H](CC(C)C)C(=O)N[C@@H](C)C(N)=O. The molecular formula is C70H111N17O18. The van der Waals surface area contributed by atoms with E-state index in [1.165, 1.54) is 41.5 Å². The summed E-state index contributed by atoms with van der Waals surface area (Å²) in [5.41, 5.74) is 23.6. The van der Waals surface area contributed by atoms with Gasteiger partial charge in [-0.25, -0.2) is 0 Å². The third-order valence-corrected chi connectivity index (χ3v) is 16.4. The Kier molecular flexibility index (Phi) is 40.9. The number of nitrogens with two attached hydrogens (primary N) is 4. The average Bonchev–Trinajstić information content (AvgIpc) is 0.866. The molecule has 105 heavy (non-hydrogen) atoms. The van der Waals surface area contributed by atoms with Crippen molar-refractivity contribution < 1.29 is 86.9 Å². The van der Waals surface area contributed by atoms with Gasteiger partial charge in [0.25, 0.3) is 0 Å². The van der Waals surface area contributed by atoms with Gasteiger partial charge in [-0.05, 0) is 142 Å². The second-order valence-corrected chi connectivity index (χ2v) is 26.9. The minimum atomic E-state index is -1.65. The Bertz CT molecular complexity index is 3250. The van der Waals surface area contributed by atoms with Gasteiger partial charge in [0.2, 0.25) is 82.7 Å². The van der Waals surface area contributed by atoms with Gasteiger partial charge < -0.3 is 102 Å². The second-order valence-electron chi connectivity index (χ2n) is 26.9. The van der Waals surface area contributed by atoms with E-state index in [-0.39, 0.29) is 69.9 Å². The first-order chi connectivity index (χ1) is 49.4. The van der Waals surface area contributed by atoms with E-state index in [0.717, 1.165) is 0 Å². The van der Waals surface area contributed by atoms with E-state index in [2.05, 4.69) is 69.1 Å². The molecule has 23 N–H and O–H groups in total. The van der Waals surface area contributed by atoms with Crippen molar-refractivity contribution in [3.05, 3.63) is 71.8 Å². The van der Waals surface area contributed by atoms with Gasteiger partial charge in [0.05, 0.1) is 6.04 Å². The molecule has 0 aliphatic rings. The lowest BCUT2D eigenvalue weighted by Crippen LogP contribution is -2.60. The third-order valence-electron chi connectivity index (χ3n) is 16.4. The summed E-state index contributed by atoms with van der Waals surface area (Å²) in [6.45, 7) is 15.5. The van der Waals surface area contributed by atoms with Crippen LogP contribution in [-0.4, -0.2) is 203 Å². The van der Waals surface area contributed by atoms with Gasteiger partial charge in [-0.3, -0.25) is 76.7 Å². The zero-order valence-corrected chi connectivity index (χ0v) is 61.6. The summed E-state index contributed by atoms with van der Waals surface area (Å²) in [6.07, 6.45) is -0.802. The first kappa shape index (κ1) is 90.9. The molecule has 0 spiro atoms. The number of hydrogen-bond acceptors (Lipinski definition) is 19. The molecule has 0 fully saturated rings. The van der Waals surface area contributed by atoms with Gasteiger partial charge in [0, 0.05) is 25.7 Å². The quantitative estimate of drug-likeness (QED) is 0.0290. The van der Waals surface area contributed by atoms with Crippen molar-refractivity contribution in [3.63, 3.8) is 0 Å². The minimum absolute atomic E-state index is 0.0283. The highest BCUT2D eigenvalue weighted by Crippen LogP contribution is 2.14. The van der Waals surface area contributed by atoms with E-state index in [9.17, 15) is 86.9 Å². The molecule has 14 atom stereocenters. The summed E-state index contributed by atoms with van der Waals surface area (Å²) >= 11 is 0. The number of benzene rings is 2. The first-order valence-electron chi connectivity index (χ1n) is 35.3. The molecule has 0 radical (unpaired) electrons. The fourth-order valence-electron chi connectivity index (χ4n) is 10.3. The molecule has 14 amide bonds. The van der Waals surface area contributed by atoms with Crippen LogP contribution in [0.1, 0.15) is 157 Å². The molecule has 0 bridgehead atoms. The molecule has 35 nitrogen and oxygen atoms in total. The number of rotatable bonds is 49. The Morgan fingerprint density at radius 1 is 0.314 bits per heavy atom. The molecule has 2 rings (SSSR count). The molecule has 35 heteroatoms. The molecule has 584 valence electrons. The van der Waals surface area contributed by atoms with Crippen LogP contribution in [0.15, 0.2) is 60.7 Å². The molecule has 0 unspecified atom stereocenters. The predicted octanol–water partition coefficient (Wildman–Crippen LogP) is -3.21. The normalized spacial score (nSPS) is 15.1. The highest BCUT2D eigenvalue weighted by atomic mass is 16.4. The molecule has 0 aliphatic heterocycles. The number of aliphatic carboxylic acids is 2. The van der Waals surface area contributed by atoms with Crippen LogP contribution in [0, 0.1) is 11.8 Å². The molecule has 0 saturated heterocycles. The number of hydrogen-bond donors (Lipinski definition) is 19. The summed E-state index contributed by atoms with van der Waals surface area (Å²) in [7, 11) is 0. The van der Waals surface area contributed by atoms with Crippen molar-refractivity contribution in [2.75, 3.05) is 13.1 Å². The molecule has 0 heterocycles. The number of primary amides is 1. The van der Waals surface area contributed by atoms with E-state index >= 15 is 0 Å². The predicted molar refractivity (Wildman–Crippen MR) is 385 cm³/mol. The van der Waals surface area contributed by atoms with Crippen LogP contribution in [0.5, 0.6) is 0 Å². The summed E-state index contributed by atoms with van der Waals surface area (Å²) < 4.78 is 0. The zero-order valence-electron chi connectivity index (χ0n) is 61.6. The van der Waals surface area contributed by atoms with Gasteiger partial charge in [-0.1, -0.05) is 88.4 Å². The minimum Gasteiger partial charge on any atom is -0.481 e. The number of carbonyl (C=O) groups excluding carboxylic acids is 14. The Morgan fingerprint density at radius 3 is 0.895 bits per heavy atom. The lowest BCUT2D eigenvalue weighted by atomic mass is 10.0. The number of carboxylic acids is 2. The standard InChI is InChI=1S/C70H111N17O18/c1-37(2)33-51(67(102)75-40(6)57(74)92)86-65(100)47(25-17-19-31-71)80-60(95)43(9)78-64(99)50(28-30-56(90)91)83-70(105)54(36-46-23-15-12-16-24-46)85-62(97)42(8)76-59(94)41(7)79-68(103)53(35-45-21-13-11-14-22-45)87-66(101)48(26-18-20-32-72)81-61(96)44(10)77-63(98)49(27-29-55(88)89)82-69(104)52(34-38(3)4)84-58(93)39(5)73/h11-16,21-24,37-44,47-54H,17-20,25-36,71-73H2,1-10H3,(H2,74,92)(H,75,102)(H,76,94)(H,77,98)(H,78,99)(H,79,103)(H,80,95)(H,81,96)(H,82,104)(H,83,105)(H,84,93)(H,85,97)(H,86,100)(H,87,101)(H,88,89)(H,90,91)/t39-,40-,41-,42-,43-,44-,47-,48-,49-,50-,51-,52-,53-,54-/m0/s1. The lowest BCUT2D eigenvalue weighted by Gasteiger charge is -2.27. The lowest BCUT2D eigenvalue weighted by molar-refractivity contribution is -0.139. The van der Waals surface area contributed by atoms with E-state index in [1.807, 2.05) is 0 Å². The van der Waals surface area contributed by atoms with Crippen molar-refractivity contribution in [2.24, 2.45) is 34.8 Å². The number of unbranched alkanes of at least 4 members (excludes halogenated alkanes) is 2. The van der Waals surface area contributed by atoms with Crippen LogP contribution in [0.4, 0.5) is 0 Å². The molecule has 0 saturated carbocycles. The van der Waals surface area contributed by atoms with Crippen LogP contribution >= 0.6 is 0 Å². The highest BCUT2D eigenvalue weighted by Gasteiger charge is 2.36. The van der Waals surface area contributed by atoms with Gasteiger partial charge >= 0.3 is 11.9 Å². The number of carbonyl (C=O) groups is 16. The molecule has 0 aliphatic carbocycles. The first-order valence-corrected chi connectivity index (χ1v) is 35.3. The van der Waals surface area contributed by atoms with E-state index < -0.39 is 205 Å². The van der Waals surface area contributed by atoms with E-state index in [0.29, 0.717) is 30.4 Å². The maximum Gasteiger partial charge on any atom is 0.303 e. The smallest absolute Gasteiger partial charge is 0.303 e. The van der Waals surface area contributed by atoms with Crippen LogP contribution < -0.4 is 92.1 Å². The summed E-state index contributed by atoms with van der Waals surface area (Å²) in [4.78, 5) is 215. The summed E-state index contributed by atoms with van der Waals surface area (Å²) in [6, 6.07) is -2.18. The second kappa shape index (κ2) is 47.2. The number of nitrogens with one attached hydrogen (secondary N) is 13. The van der Waals surface area contributed by atoms with Crippen molar-refractivity contribution >= 4 is 94.6 Å². The van der Waals surface area contributed by atoms with Crippen molar-refractivity contribution in [1.82, 2.24) is 69.1 Å². The third kappa shape index (κ3) is 35.3. The topological polar surface area (TPSA) is 574 Å². The van der Waals surface area contributed by atoms with Crippen LogP contribution in [-0.2, 0) is 89.6 Å². The molecule has 2 aromatic carbocycles. The maximum absolute atomic E-state index is 14.4. The molecular weight excluding hydrogens is 1370 g/mol.